The number of halogens is 1. The average Bonchev–Trinajstić information content (AvgIpc) is 2.67. The van der Waals surface area contributed by atoms with Crippen LogP contribution in [0.25, 0.3) is 6.08 Å². The summed E-state index contributed by atoms with van der Waals surface area (Å²) in [4.78, 5) is 26.4. The van der Waals surface area contributed by atoms with Crippen LogP contribution in [0, 0.1) is 0 Å². The highest BCUT2D eigenvalue weighted by atomic mass is 35.5. The van der Waals surface area contributed by atoms with E-state index in [4.69, 9.17) is 16.3 Å². The number of carbonyl (C=O) groups excluding carboxylic acids is 2. The lowest BCUT2D eigenvalue weighted by Gasteiger charge is -2.16. The van der Waals surface area contributed by atoms with Gasteiger partial charge in [0.2, 0.25) is 5.91 Å². The van der Waals surface area contributed by atoms with Crippen molar-refractivity contribution in [3.05, 3.63) is 70.8 Å². The van der Waals surface area contributed by atoms with Gasteiger partial charge in [-0.3, -0.25) is 9.59 Å². The minimum Gasteiger partial charge on any atom is -0.488 e. The number of rotatable bonds is 4. The van der Waals surface area contributed by atoms with Crippen molar-refractivity contribution < 1.29 is 14.3 Å². The molecule has 2 aromatic rings. The second-order valence-electron chi connectivity index (χ2n) is 6.27. The van der Waals surface area contributed by atoms with Crippen LogP contribution in [0.3, 0.4) is 0 Å². The molecular weight excluding hydrogens is 396 g/mol. The van der Waals surface area contributed by atoms with Crippen LogP contribution in [0.5, 0.6) is 5.75 Å². The van der Waals surface area contributed by atoms with Crippen LogP contribution in [-0.4, -0.2) is 36.7 Å². The fourth-order valence-corrected chi connectivity index (χ4v) is 3.39. The highest BCUT2D eigenvalue weighted by molar-refractivity contribution is 8.13. The van der Waals surface area contributed by atoms with Crippen molar-refractivity contribution in [3.8, 4) is 5.75 Å². The van der Waals surface area contributed by atoms with Gasteiger partial charge in [-0.15, -0.1) is 0 Å². The number of fused-ring (bicyclic) bond motifs is 1. The third-order valence-electron chi connectivity index (χ3n) is 3.86. The topological polar surface area (TPSA) is 58.6 Å². The average molecular weight is 415 g/mol. The molecule has 1 N–H and O–H groups in total. The van der Waals surface area contributed by atoms with E-state index in [1.165, 1.54) is 11.0 Å². The molecule has 0 fully saturated rings. The maximum Gasteiger partial charge on any atom is 0.286 e. The standard InChI is InChI=1S/C21H19ClN2O3S/c1-24(2)21(26)28-19-6-4-3-5-17(19)23-20(25)10-7-14-11-15-12-16(22)8-9-18(15)27-13-14/h3-12H,13H2,1-2H3,(H,23,25)/b10-7+. The number of carbonyl (C=O) groups is 2. The number of ether oxygens (including phenoxy) is 1. The first-order valence-corrected chi connectivity index (χ1v) is 9.72. The minimum absolute atomic E-state index is 0.112. The second-order valence-corrected chi connectivity index (χ2v) is 7.70. The summed E-state index contributed by atoms with van der Waals surface area (Å²) < 4.78 is 5.67. The monoisotopic (exact) mass is 414 g/mol. The SMILES string of the molecule is CN(C)C(=O)Sc1ccccc1NC(=O)/C=C/C1=Cc2cc(Cl)ccc2OC1. The Kier molecular flexibility index (Phi) is 6.44. The van der Waals surface area contributed by atoms with Crippen molar-refractivity contribution in [3.63, 3.8) is 0 Å². The molecule has 1 aliphatic rings. The highest BCUT2D eigenvalue weighted by Crippen LogP contribution is 2.30. The zero-order chi connectivity index (χ0) is 20.1. The van der Waals surface area contributed by atoms with Gasteiger partial charge in [-0.2, -0.15) is 0 Å². The van der Waals surface area contributed by atoms with Gasteiger partial charge < -0.3 is 15.0 Å². The van der Waals surface area contributed by atoms with Gasteiger partial charge in [-0.05, 0) is 53.7 Å². The quantitative estimate of drug-likeness (QED) is 0.559. The van der Waals surface area contributed by atoms with Gasteiger partial charge in [0.05, 0.1) is 5.69 Å². The molecule has 0 aromatic heterocycles. The number of hydrogen-bond acceptors (Lipinski definition) is 4. The number of thioether (sulfide) groups is 1. The summed E-state index contributed by atoms with van der Waals surface area (Å²) in [6, 6.07) is 12.6. The van der Waals surface area contributed by atoms with Crippen molar-refractivity contribution in [2.75, 3.05) is 26.0 Å². The molecule has 28 heavy (non-hydrogen) atoms. The molecule has 0 radical (unpaired) electrons. The first-order valence-electron chi connectivity index (χ1n) is 8.52. The van der Waals surface area contributed by atoms with Crippen LogP contribution >= 0.6 is 23.4 Å². The van der Waals surface area contributed by atoms with E-state index in [2.05, 4.69) is 5.32 Å². The zero-order valence-corrected chi connectivity index (χ0v) is 17.0. The largest absolute Gasteiger partial charge is 0.488 e. The smallest absolute Gasteiger partial charge is 0.286 e. The first-order chi connectivity index (χ1) is 13.4. The van der Waals surface area contributed by atoms with E-state index < -0.39 is 0 Å². The summed E-state index contributed by atoms with van der Waals surface area (Å²) in [5, 5.41) is 3.33. The number of amides is 2. The maximum atomic E-state index is 12.3. The van der Waals surface area contributed by atoms with E-state index in [0.29, 0.717) is 22.2 Å². The minimum atomic E-state index is -0.289. The molecule has 144 valence electrons. The molecule has 0 spiro atoms. The number of hydrogen-bond donors (Lipinski definition) is 1. The Labute approximate surface area is 173 Å². The van der Waals surface area contributed by atoms with Crippen LogP contribution in [0.4, 0.5) is 10.5 Å². The first kappa shape index (κ1) is 20.0. The van der Waals surface area contributed by atoms with E-state index in [9.17, 15) is 9.59 Å². The Bertz CT molecular complexity index is 970. The van der Waals surface area contributed by atoms with E-state index in [1.54, 1.807) is 38.4 Å². The van der Waals surface area contributed by atoms with Crippen molar-refractivity contribution in [2.24, 2.45) is 0 Å². The molecule has 0 aliphatic carbocycles. The molecule has 2 amide bonds. The van der Waals surface area contributed by atoms with Gasteiger partial charge in [-0.1, -0.05) is 29.8 Å². The number of nitrogens with one attached hydrogen (secondary N) is 1. The van der Waals surface area contributed by atoms with Crippen LogP contribution in [0.1, 0.15) is 5.56 Å². The number of benzene rings is 2. The number of anilines is 1. The fourth-order valence-electron chi connectivity index (χ4n) is 2.46. The molecule has 0 saturated carbocycles. The van der Waals surface area contributed by atoms with E-state index >= 15 is 0 Å². The molecule has 1 aliphatic heterocycles. The summed E-state index contributed by atoms with van der Waals surface area (Å²) in [7, 11) is 3.37. The molecule has 2 aromatic carbocycles. The molecule has 3 rings (SSSR count). The summed E-state index contributed by atoms with van der Waals surface area (Å²) in [6.07, 6.45) is 5.09. The maximum absolute atomic E-state index is 12.3. The van der Waals surface area contributed by atoms with Crippen molar-refractivity contribution in [2.45, 2.75) is 4.90 Å². The molecule has 0 unspecified atom stereocenters. The molecule has 0 saturated heterocycles. The Morgan fingerprint density at radius 3 is 2.79 bits per heavy atom. The van der Waals surface area contributed by atoms with Crippen molar-refractivity contribution >= 4 is 46.3 Å². The summed E-state index contributed by atoms with van der Waals surface area (Å²) in [6.45, 7) is 0.377. The van der Waals surface area contributed by atoms with Crippen molar-refractivity contribution in [1.29, 1.82) is 0 Å². The molecule has 7 heteroatoms. The van der Waals surface area contributed by atoms with Gasteiger partial charge in [0.25, 0.3) is 5.24 Å². The second kappa shape index (κ2) is 8.99. The lowest BCUT2D eigenvalue weighted by molar-refractivity contribution is -0.111. The molecule has 0 bridgehead atoms. The molecule has 1 heterocycles. The number of para-hydroxylation sites is 1. The van der Waals surface area contributed by atoms with Gasteiger partial charge in [0.15, 0.2) is 0 Å². The predicted molar refractivity (Wildman–Crippen MR) is 114 cm³/mol. The molecular formula is C21H19ClN2O3S. The fraction of sp³-hybridized carbons (Fsp3) is 0.143. The molecule has 5 nitrogen and oxygen atoms in total. The van der Waals surface area contributed by atoms with Crippen LogP contribution in [-0.2, 0) is 4.79 Å². The van der Waals surface area contributed by atoms with Gasteiger partial charge >= 0.3 is 0 Å². The third-order valence-corrected chi connectivity index (χ3v) is 5.21. The summed E-state index contributed by atoms with van der Waals surface area (Å²) in [5.41, 5.74) is 2.32. The predicted octanol–water partition coefficient (Wildman–Crippen LogP) is 5.08. The third kappa shape index (κ3) is 5.18. The molecule has 0 atom stereocenters. The van der Waals surface area contributed by atoms with Gasteiger partial charge in [0.1, 0.15) is 12.4 Å². The Morgan fingerprint density at radius 1 is 1.21 bits per heavy atom. The van der Waals surface area contributed by atoms with Crippen LogP contribution in [0.2, 0.25) is 5.02 Å². The summed E-state index contributed by atoms with van der Waals surface area (Å²) in [5.74, 6) is 0.477. The van der Waals surface area contributed by atoms with Crippen LogP contribution < -0.4 is 10.1 Å². The normalized spacial score (nSPS) is 12.8. The van der Waals surface area contributed by atoms with Gasteiger partial charge in [-0.25, -0.2) is 0 Å². The highest BCUT2D eigenvalue weighted by Gasteiger charge is 2.13. The lowest BCUT2D eigenvalue weighted by Crippen LogP contribution is -2.16. The van der Waals surface area contributed by atoms with Crippen molar-refractivity contribution in [1.82, 2.24) is 4.90 Å². The van der Waals surface area contributed by atoms with Gasteiger partial charge in [0, 0.05) is 35.7 Å². The van der Waals surface area contributed by atoms with E-state index in [0.717, 1.165) is 28.6 Å². The Hall–Kier alpha value is -2.70. The Morgan fingerprint density at radius 2 is 2.00 bits per heavy atom. The van der Waals surface area contributed by atoms with E-state index in [-0.39, 0.29) is 11.1 Å². The lowest BCUT2D eigenvalue weighted by atomic mass is 10.1. The zero-order valence-electron chi connectivity index (χ0n) is 15.4. The summed E-state index contributed by atoms with van der Waals surface area (Å²) >= 11 is 7.08. The number of nitrogens with zero attached hydrogens (tertiary/aromatic N) is 1. The van der Waals surface area contributed by atoms with Crippen LogP contribution in [0.15, 0.2) is 65.1 Å². The Balaban J connectivity index is 1.69. The van der Waals surface area contributed by atoms with E-state index in [1.807, 2.05) is 30.3 Å².